The largest absolute Gasteiger partial charge is 0.309 e. The number of halogens is 1. The zero-order chi connectivity index (χ0) is 13.7. The van der Waals surface area contributed by atoms with Crippen molar-refractivity contribution in [2.75, 3.05) is 19.6 Å². The van der Waals surface area contributed by atoms with Crippen LogP contribution in [-0.2, 0) is 0 Å². The van der Waals surface area contributed by atoms with Crippen LogP contribution >= 0.6 is 15.9 Å². The number of nitrogens with zero attached hydrogens (tertiary/aromatic N) is 2. The maximum absolute atomic E-state index is 12.8. The minimum absolute atomic E-state index is 0.155. The van der Waals surface area contributed by atoms with Gasteiger partial charge in [0.2, 0.25) is 0 Å². The fraction of sp³-hybridized carbons (Fsp3) is 0.438. The molecule has 0 amide bonds. The van der Waals surface area contributed by atoms with Crippen LogP contribution in [0.3, 0.4) is 0 Å². The van der Waals surface area contributed by atoms with Crippen LogP contribution in [0.1, 0.15) is 18.9 Å². The zero-order valence-corrected chi connectivity index (χ0v) is 12.8. The van der Waals surface area contributed by atoms with Gasteiger partial charge in [0.05, 0.1) is 6.04 Å². The second kappa shape index (κ2) is 4.71. The number of aromatic nitrogens is 1. The van der Waals surface area contributed by atoms with E-state index in [0.717, 1.165) is 21.8 Å². The van der Waals surface area contributed by atoms with Crippen LogP contribution in [0.2, 0.25) is 0 Å². The van der Waals surface area contributed by atoms with Gasteiger partial charge >= 0.3 is 0 Å². The van der Waals surface area contributed by atoms with Gasteiger partial charge in [0.1, 0.15) is 0 Å². The highest BCUT2D eigenvalue weighted by Crippen LogP contribution is 2.35. The van der Waals surface area contributed by atoms with Crippen molar-refractivity contribution in [1.82, 2.24) is 9.47 Å². The number of pyridine rings is 1. The molecule has 4 heteroatoms. The van der Waals surface area contributed by atoms with Crippen molar-refractivity contribution in [3.05, 3.63) is 45.3 Å². The summed E-state index contributed by atoms with van der Waals surface area (Å²) in [5, 5.41) is 1.83. The van der Waals surface area contributed by atoms with Crippen molar-refractivity contribution in [3.8, 4) is 0 Å². The van der Waals surface area contributed by atoms with Crippen LogP contribution in [0.4, 0.5) is 0 Å². The lowest BCUT2D eigenvalue weighted by Crippen LogP contribution is -2.49. The fourth-order valence-electron chi connectivity index (χ4n) is 3.76. The van der Waals surface area contributed by atoms with E-state index < -0.39 is 0 Å². The predicted molar refractivity (Wildman–Crippen MR) is 84.1 cm³/mol. The highest BCUT2D eigenvalue weighted by Gasteiger charge is 2.35. The van der Waals surface area contributed by atoms with E-state index in [-0.39, 0.29) is 5.56 Å². The first-order valence-electron chi connectivity index (χ1n) is 7.26. The zero-order valence-electron chi connectivity index (χ0n) is 11.3. The lowest BCUT2D eigenvalue weighted by molar-refractivity contribution is 0.0556. The Balaban J connectivity index is 1.88. The van der Waals surface area contributed by atoms with Crippen LogP contribution in [0, 0.1) is 5.92 Å². The van der Waals surface area contributed by atoms with Gasteiger partial charge in [0.15, 0.2) is 0 Å². The minimum atomic E-state index is 0.155. The number of benzene rings is 1. The molecule has 2 bridgehead atoms. The molecule has 1 unspecified atom stereocenters. The van der Waals surface area contributed by atoms with Gasteiger partial charge in [0.25, 0.3) is 5.56 Å². The lowest BCUT2D eigenvalue weighted by Gasteiger charge is -2.45. The highest BCUT2D eigenvalue weighted by molar-refractivity contribution is 9.10. The summed E-state index contributed by atoms with van der Waals surface area (Å²) in [6.07, 6.45) is 4.44. The number of piperidine rings is 3. The molecule has 3 nitrogen and oxygen atoms in total. The molecule has 3 aliphatic heterocycles. The molecule has 3 saturated heterocycles. The molecule has 4 heterocycles. The maximum atomic E-state index is 12.8. The maximum Gasteiger partial charge on any atom is 0.258 e. The second-order valence-corrected chi connectivity index (χ2v) is 6.79. The van der Waals surface area contributed by atoms with Crippen molar-refractivity contribution >= 4 is 26.7 Å². The third-order valence-corrected chi connectivity index (χ3v) is 5.51. The first kappa shape index (κ1) is 12.6. The topological polar surface area (TPSA) is 25.2 Å². The van der Waals surface area contributed by atoms with Crippen molar-refractivity contribution in [2.45, 2.75) is 18.9 Å². The summed E-state index contributed by atoms with van der Waals surface area (Å²) in [6.45, 7) is 3.42. The normalized spacial score (nSPS) is 28.9. The van der Waals surface area contributed by atoms with Crippen LogP contribution in [0.15, 0.2) is 39.7 Å². The van der Waals surface area contributed by atoms with Crippen LogP contribution in [0.5, 0.6) is 0 Å². The van der Waals surface area contributed by atoms with Gasteiger partial charge in [0, 0.05) is 28.0 Å². The molecule has 3 fully saturated rings. The summed E-state index contributed by atoms with van der Waals surface area (Å²) in [5.74, 6) is 0.658. The van der Waals surface area contributed by atoms with Gasteiger partial charge in [-0.2, -0.15) is 0 Å². The Morgan fingerprint density at radius 3 is 2.45 bits per heavy atom. The Morgan fingerprint density at radius 1 is 1.10 bits per heavy atom. The average molecular weight is 333 g/mol. The third-order valence-electron chi connectivity index (χ3n) is 4.88. The first-order valence-corrected chi connectivity index (χ1v) is 8.05. The molecule has 0 spiro atoms. The molecular formula is C16H17BrN2O. The lowest BCUT2D eigenvalue weighted by atomic mass is 9.84. The van der Waals surface area contributed by atoms with Gasteiger partial charge in [-0.25, -0.2) is 0 Å². The summed E-state index contributed by atoms with van der Waals surface area (Å²) in [5.41, 5.74) is 0.155. The quantitative estimate of drug-likeness (QED) is 0.802. The smallest absolute Gasteiger partial charge is 0.258 e. The summed E-state index contributed by atoms with van der Waals surface area (Å²) >= 11 is 3.63. The minimum Gasteiger partial charge on any atom is -0.309 e. The monoisotopic (exact) mass is 332 g/mol. The first-order chi connectivity index (χ1) is 9.74. The van der Waals surface area contributed by atoms with E-state index in [1.54, 1.807) is 0 Å². The van der Waals surface area contributed by atoms with Gasteiger partial charge in [-0.15, -0.1) is 0 Å². The van der Waals surface area contributed by atoms with Crippen molar-refractivity contribution < 1.29 is 0 Å². The molecule has 0 radical (unpaired) electrons. The van der Waals surface area contributed by atoms with E-state index in [1.807, 2.05) is 35.0 Å². The highest BCUT2D eigenvalue weighted by atomic mass is 79.9. The van der Waals surface area contributed by atoms with E-state index in [4.69, 9.17) is 0 Å². The van der Waals surface area contributed by atoms with Crippen LogP contribution in [0.25, 0.3) is 10.8 Å². The molecule has 20 heavy (non-hydrogen) atoms. The van der Waals surface area contributed by atoms with E-state index in [1.165, 1.54) is 25.9 Å². The van der Waals surface area contributed by atoms with Gasteiger partial charge in [-0.1, -0.05) is 18.2 Å². The molecule has 5 rings (SSSR count). The summed E-state index contributed by atoms with van der Waals surface area (Å²) in [6, 6.07) is 8.19. The van der Waals surface area contributed by atoms with E-state index >= 15 is 0 Å². The third kappa shape index (κ3) is 1.85. The van der Waals surface area contributed by atoms with Crippen LogP contribution in [-0.4, -0.2) is 29.1 Å². The molecular weight excluding hydrogens is 316 g/mol. The number of fused-ring (bicyclic) bond motifs is 4. The fourth-order valence-corrected chi connectivity index (χ4v) is 4.33. The van der Waals surface area contributed by atoms with Gasteiger partial charge in [-0.3, -0.25) is 4.79 Å². The van der Waals surface area contributed by atoms with Crippen molar-refractivity contribution in [1.29, 1.82) is 0 Å². The summed E-state index contributed by atoms with van der Waals surface area (Å²) in [4.78, 5) is 15.3. The van der Waals surface area contributed by atoms with Gasteiger partial charge in [-0.05, 0) is 53.8 Å². The molecule has 0 aliphatic carbocycles. The summed E-state index contributed by atoms with van der Waals surface area (Å²) < 4.78 is 2.99. The molecule has 1 aromatic carbocycles. The number of hydrogen-bond donors (Lipinski definition) is 0. The number of rotatable bonds is 1. The summed E-state index contributed by atoms with van der Waals surface area (Å²) in [7, 11) is 0. The molecule has 1 aromatic heterocycles. The van der Waals surface area contributed by atoms with E-state index in [2.05, 4.69) is 20.8 Å². The van der Waals surface area contributed by atoms with Crippen molar-refractivity contribution in [3.63, 3.8) is 0 Å². The Morgan fingerprint density at radius 2 is 1.80 bits per heavy atom. The molecule has 3 aliphatic rings. The Labute approximate surface area is 126 Å². The Bertz CT molecular complexity index is 716. The SMILES string of the molecule is O=c1c2ccccc2c(Br)cn1C1CN2CCC1CC2. The standard InChI is InChI=1S/C16H17BrN2O/c17-14-9-19(15-10-18-7-5-11(15)6-8-18)16(20)13-4-2-1-3-12(13)14/h1-4,9,11,15H,5-8,10H2. The number of hydrogen-bond acceptors (Lipinski definition) is 2. The predicted octanol–water partition coefficient (Wildman–Crippen LogP) is 3.03. The molecule has 2 aromatic rings. The Kier molecular flexibility index (Phi) is 2.97. The van der Waals surface area contributed by atoms with Crippen LogP contribution < -0.4 is 5.56 Å². The second-order valence-electron chi connectivity index (χ2n) is 5.94. The van der Waals surface area contributed by atoms with Crippen molar-refractivity contribution in [2.24, 2.45) is 5.92 Å². The average Bonchev–Trinajstić information content (AvgIpc) is 2.52. The van der Waals surface area contributed by atoms with E-state index in [0.29, 0.717) is 12.0 Å². The molecule has 104 valence electrons. The molecule has 1 atom stereocenters. The molecule has 0 saturated carbocycles. The van der Waals surface area contributed by atoms with E-state index in [9.17, 15) is 4.79 Å². The Hall–Kier alpha value is -1.13. The molecule has 0 N–H and O–H groups in total. The van der Waals surface area contributed by atoms with Gasteiger partial charge < -0.3 is 9.47 Å².